The van der Waals surface area contributed by atoms with Crippen LogP contribution >= 0.6 is 0 Å². The van der Waals surface area contributed by atoms with Crippen molar-refractivity contribution in [3.05, 3.63) is 71.6 Å². The number of sulfonamides is 1. The van der Waals surface area contributed by atoms with E-state index in [1.807, 2.05) is 6.92 Å². The average Bonchev–Trinajstić information content (AvgIpc) is 3.60. The molecule has 0 saturated heterocycles. The first-order chi connectivity index (χ1) is 17.3. The molecule has 2 aromatic heterocycles. The Bertz CT molecular complexity index is 1460. The molecule has 2 heterocycles. The Labute approximate surface area is 208 Å². The predicted molar refractivity (Wildman–Crippen MR) is 130 cm³/mol. The highest BCUT2D eigenvalue weighted by molar-refractivity contribution is 7.89. The molecule has 0 atom stereocenters. The largest absolute Gasteiger partial charge is 0.486 e. The highest BCUT2D eigenvalue weighted by Crippen LogP contribution is 2.34. The molecule has 0 spiro atoms. The number of benzene rings is 2. The Morgan fingerprint density at radius 2 is 1.89 bits per heavy atom. The molecule has 0 aliphatic heterocycles. The zero-order valence-corrected chi connectivity index (χ0v) is 20.8. The lowest BCUT2D eigenvalue weighted by Gasteiger charge is -2.16. The van der Waals surface area contributed by atoms with E-state index in [1.165, 1.54) is 16.8 Å². The van der Waals surface area contributed by atoms with Gasteiger partial charge in [0.15, 0.2) is 0 Å². The van der Waals surface area contributed by atoms with E-state index in [1.54, 1.807) is 43.5 Å². The van der Waals surface area contributed by atoms with Gasteiger partial charge in [-0.1, -0.05) is 29.3 Å². The van der Waals surface area contributed by atoms with Crippen molar-refractivity contribution in [2.45, 2.75) is 57.1 Å². The molecule has 2 aromatic carbocycles. The number of aromatic nitrogens is 4. The number of rotatable bonds is 8. The van der Waals surface area contributed by atoms with Gasteiger partial charge in [0.2, 0.25) is 10.0 Å². The molecule has 0 radical (unpaired) electrons. The van der Waals surface area contributed by atoms with E-state index in [4.69, 9.17) is 9.26 Å². The minimum atomic E-state index is -3.86. The van der Waals surface area contributed by atoms with E-state index >= 15 is 0 Å². The number of nitrogens with zero attached hydrogens (tertiary/aromatic N) is 4. The van der Waals surface area contributed by atoms with E-state index in [9.17, 15) is 12.8 Å². The molecule has 36 heavy (non-hydrogen) atoms. The molecule has 11 heteroatoms. The maximum atomic E-state index is 13.4. The van der Waals surface area contributed by atoms with Crippen molar-refractivity contribution < 1.29 is 22.1 Å². The quantitative estimate of drug-likeness (QED) is 0.371. The SMILES string of the molecule is Cc1noc(C)c1-c1ccc(OCc2cn(-c3ccc(F)cc3)nn2)c(S(=O)(=O)NC2CCCC2)c1. The Hall–Kier alpha value is -3.57. The smallest absolute Gasteiger partial charge is 0.244 e. The van der Waals surface area contributed by atoms with Gasteiger partial charge in [-0.15, -0.1) is 5.10 Å². The molecule has 1 N–H and O–H groups in total. The van der Waals surface area contributed by atoms with Gasteiger partial charge in [-0.05, 0) is 68.7 Å². The normalized spacial score (nSPS) is 14.4. The Morgan fingerprint density at radius 3 is 2.58 bits per heavy atom. The lowest BCUT2D eigenvalue weighted by Crippen LogP contribution is -2.33. The van der Waals surface area contributed by atoms with E-state index < -0.39 is 10.0 Å². The molecule has 1 fully saturated rings. The van der Waals surface area contributed by atoms with Gasteiger partial charge in [0.1, 0.15) is 34.5 Å². The van der Waals surface area contributed by atoms with Crippen LogP contribution in [0, 0.1) is 19.7 Å². The van der Waals surface area contributed by atoms with Gasteiger partial charge in [0.25, 0.3) is 0 Å². The van der Waals surface area contributed by atoms with Gasteiger partial charge in [-0.2, -0.15) is 0 Å². The summed E-state index contributed by atoms with van der Waals surface area (Å²) in [5, 5.41) is 12.1. The molecule has 0 unspecified atom stereocenters. The molecule has 1 saturated carbocycles. The first kappa shape index (κ1) is 24.1. The molecule has 4 aromatic rings. The van der Waals surface area contributed by atoms with Crippen molar-refractivity contribution in [2.75, 3.05) is 0 Å². The molecular weight excluding hydrogens is 485 g/mol. The predicted octanol–water partition coefficient (Wildman–Crippen LogP) is 4.48. The van der Waals surface area contributed by atoms with Crippen molar-refractivity contribution in [1.29, 1.82) is 0 Å². The van der Waals surface area contributed by atoms with Crippen molar-refractivity contribution in [2.24, 2.45) is 0 Å². The fourth-order valence-corrected chi connectivity index (χ4v) is 5.93. The minimum absolute atomic E-state index is 0.00217. The summed E-state index contributed by atoms with van der Waals surface area (Å²) < 4.78 is 55.6. The molecule has 1 aliphatic carbocycles. The maximum Gasteiger partial charge on any atom is 0.244 e. The number of aryl methyl sites for hydroxylation is 2. The second kappa shape index (κ2) is 9.82. The topological polar surface area (TPSA) is 112 Å². The number of nitrogens with one attached hydrogen (secondary N) is 1. The van der Waals surface area contributed by atoms with Gasteiger partial charge in [0.05, 0.1) is 17.6 Å². The van der Waals surface area contributed by atoms with Crippen LogP contribution in [0.15, 0.2) is 58.1 Å². The van der Waals surface area contributed by atoms with Crippen LogP contribution in [0.2, 0.25) is 0 Å². The van der Waals surface area contributed by atoms with Crippen LogP contribution in [0.5, 0.6) is 5.75 Å². The molecule has 188 valence electrons. The van der Waals surface area contributed by atoms with Crippen LogP contribution < -0.4 is 9.46 Å². The lowest BCUT2D eigenvalue weighted by molar-refractivity contribution is 0.293. The molecule has 1 aliphatic rings. The Morgan fingerprint density at radius 1 is 1.14 bits per heavy atom. The molecule has 0 bridgehead atoms. The third kappa shape index (κ3) is 5.02. The summed E-state index contributed by atoms with van der Waals surface area (Å²) >= 11 is 0. The lowest BCUT2D eigenvalue weighted by atomic mass is 10.0. The second-order valence-corrected chi connectivity index (χ2v) is 10.6. The Balaban J connectivity index is 1.43. The summed E-state index contributed by atoms with van der Waals surface area (Å²) in [6, 6.07) is 10.8. The second-order valence-electron chi connectivity index (χ2n) is 8.88. The summed E-state index contributed by atoms with van der Waals surface area (Å²) in [4.78, 5) is 0.0397. The zero-order valence-electron chi connectivity index (χ0n) is 19.9. The number of ether oxygens (including phenoxy) is 1. The minimum Gasteiger partial charge on any atom is -0.486 e. The maximum absolute atomic E-state index is 13.4. The average molecular weight is 512 g/mol. The molecule has 5 rings (SSSR count). The third-order valence-corrected chi connectivity index (χ3v) is 7.78. The van der Waals surface area contributed by atoms with Gasteiger partial charge in [0, 0.05) is 11.6 Å². The third-order valence-electron chi connectivity index (χ3n) is 6.24. The van der Waals surface area contributed by atoms with Crippen LogP contribution in [0.25, 0.3) is 16.8 Å². The van der Waals surface area contributed by atoms with Crippen molar-refractivity contribution >= 4 is 10.0 Å². The summed E-state index contributed by atoms with van der Waals surface area (Å²) in [5.74, 6) is 0.459. The van der Waals surface area contributed by atoms with Gasteiger partial charge < -0.3 is 9.26 Å². The zero-order chi connectivity index (χ0) is 25.3. The summed E-state index contributed by atoms with van der Waals surface area (Å²) in [7, 11) is -3.86. The molecular formula is C25H26FN5O4S. The van der Waals surface area contributed by atoms with Crippen molar-refractivity contribution in [3.8, 4) is 22.6 Å². The standard InChI is InChI=1S/C25H26FN5O4S/c1-16-25(17(2)35-28-16)18-7-12-23(24(13-18)36(32,33)29-20-5-3-4-6-20)34-15-21-14-31(30-27-21)22-10-8-19(26)9-11-22/h7-14,20,29H,3-6,15H2,1-2H3. The van der Waals surface area contributed by atoms with Crippen LogP contribution in [0.4, 0.5) is 4.39 Å². The Kier molecular flexibility index (Phi) is 6.59. The highest BCUT2D eigenvalue weighted by atomic mass is 32.2. The fourth-order valence-electron chi connectivity index (χ4n) is 4.45. The molecule has 0 amide bonds. The first-order valence-electron chi connectivity index (χ1n) is 11.7. The fraction of sp³-hybridized carbons (Fsp3) is 0.320. The van der Waals surface area contributed by atoms with Gasteiger partial charge in [-0.25, -0.2) is 22.2 Å². The summed E-state index contributed by atoms with van der Waals surface area (Å²) in [5.41, 5.74) is 3.23. The number of hydrogen-bond acceptors (Lipinski definition) is 7. The summed E-state index contributed by atoms with van der Waals surface area (Å²) in [6.45, 7) is 3.60. The van der Waals surface area contributed by atoms with Crippen molar-refractivity contribution in [3.63, 3.8) is 0 Å². The van der Waals surface area contributed by atoms with E-state index in [-0.39, 0.29) is 29.1 Å². The van der Waals surface area contributed by atoms with Crippen LogP contribution in [0.3, 0.4) is 0 Å². The number of hydrogen-bond donors (Lipinski definition) is 1. The van der Waals surface area contributed by atoms with Gasteiger partial charge in [-0.3, -0.25) is 0 Å². The van der Waals surface area contributed by atoms with E-state index in [0.717, 1.165) is 31.2 Å². The van der Waals surface area contributed by atoms with Crippen LogP contribution in [-0.2, 0) is 16.6 Å². The monoisotopic (exact) mass is 511 g/mol. The van der Waals surface area contributed by atoms with Gasteiger partial charge >= 0.3 is 0 Å². The first-order valence-corrected chi connectivity index (χ1v) is 13.2. The number of halogens is 1. The summed E-state index contributed by atoms with van der Waals surface area (Å²) in [6.07, 6.45) is 5.27. The van der Waals surface area contributed by atoms with Crippen molar-refractivity contribution in [1.82, 2.24) is 24.9 Å². The van der Waals surface area contributed by atoms with E-state index in [2.05, 4.69) is 20.2 Å². The van der Waals surface area contributed by atoms with Crippen LogP contribution in [0.1, 0.15) is 42.8 Å². The van der Waals surface area contributed by atoms with Crippen LogP contribution in [-0.4, -0.2) is 34.6 Å². The highest BCUT2D eigenvalue weighted by Gasteiger charge is 2.27. The molecule has 9 nitrogen and oxygen atoms in total. The van der Waals surface area contributed by atoms with E-state index in [0.29, 0.717) is 28.4 Å².